The zero-order valence-corrected chi connectivity index (χ0v) is 19.7. The summed E-state index contributed by atoms with van der Waals surface area (Å²) in [4.78, 5) is 38.5. The lowest BCUT2D eigenvalue weighted by atomic mass is 9.98. The number of halogens is 2. The molecule has 2 unspecified atom stereocenters. The summed E-state index contributed by atoms with van der Waals surface area (Å²) in [6.07, 6.45) is 0.639. The molecule has 0 aliphatic carbocycles. The van der Waals surface area contributed by atoms with Crippen molar-refractivity contribution in [2.45, 2.75) is 32.9 Å². The fourth-order valence-corrected chi connectivity index (χ4v) is 4.30. The highest BCUT2D eigenvalue weighted by Crippen LogP contribution is 2.32. The summed E-state index contributed by atoms with van der Waals surface area (Å²) in [7, 11) is 0. The van der Waals surface area contributed by atoms with Gasteiger partial charge in [0, 0.05) is 29.5 Å². The number of rotatable bonds is 7. The van der Waals surface area contributed by atoms with E-state index in [1.54, 1.807) is 30.3 Å². The van der Waals surface area contributed by atoms with Crippen molar-refractivity contribution in [1.29, 1.82) is 0 Å². The number of hydrogen-bond donors (Lipinski definition) is 3. The molecule has 3 aromatic carbocycles. The van der Waals surface area contributed by atoms with Gasteiger partial charge in [-0.2, -0.15) is 0 Å². The summed E-state index contributed by atoms with van der Waals surface area (Å²) in [5.41, 5.74) is 3.25. The van der Waals surface area contributed by atoms with Gasteiger partial charge in [0.05, 0.1) is 0 Å². The Morgan fingerprint density at radius 1 is 0.944 bits per heavy atom. The number of hydrogen-bond acceptors (Lipinski definition) is 3. The fraction of sp³-hybridized carbons (Fsp3) is 0.222. The first-order valence-corrected chi connectivity index (χ1v) is 11.5. The molecule has 0 spiro atoms. The second-order valence-corrected chi connectivity index (χ2v) is 8.79. The monoisotopic (exact) mass is 493 g/mol. The molecule has 3 amide bonds. The molecule has 0 fully saturated rings. The zero-order valence-electron chi connectivity index (χ0n) is 19.7. The average molecular weight is 494 g/mol. The van der Waals surface area contributed by atoms with Crippen molar-refractivity contribution in [3.8, 4) is 11.1 Å². The van der Waals surface area contributed by atoms with Crippen molar-refractivity contribution in [3.63, 3.8) is 0 Å². The van der Waals surface area contributed by atoms with Gasteiger partial charge < -0.3 is 20.6 Å². The molecule has 2 atom stereocenters. The number of carboxylic acids is 1. The number of carbonyl (C=O) groups is 3. The van der Waals surface area contributed by atoms with Gasteiger partial charge in [0.15, 0.2) is 0 Å². The number of nitrogens with zero attached hydrogens (tertiary/aromatic N) is 1. The normalized spacial score (nSPS) is 14.2. The molecule has 0 saturated carbocycles. The molecule has 0 saturated heterocycles. The molecule has 0 bridgehead atoms. The lowest BCUT2D eigenvalue weighted by Gasteiger charge is -2.28. The minimum Gasteiger partial charge on any atom is -0.480 e. The van der Waals surface area contributed by atoms with Crippen LogP contribution < -0.4 is 10.6 Å². The van der Waals surface area contributed by atoms with Gasteiger partial charge in [-0.25, -0.2) is 18.4 Å². The molecule has 0 aromatic heterocycles. The molecule has 7 nitrogen and oxygen atoms in total. The summed E-state index contributed by atoms with van der Waals surface area (Å²) in [5.74, 6) is -3.10. The van der Waals surface area contributed by atoms with E-state index < -0.39 is 29.7 Å². The van der Waals surface area contributed by atoms with Crippen LogP contribution in [0.3, 0.4) is 0 Å². The van der Waals surface area contributed by atoms with Crippen LogP contribution in [0.2, 0.25) is 0 Å². The van der Waals surface area contributed by atoms with Crippen LogP contribution in [-0.2, 0) is 11.3 Å². The van der Waals surface area contributed by atoms with Gasteiger partial charge in [-0.1, -0.05) is 44.5 Å². The van der Waals surface area contributed by atoms with E-state index in [0.29, 0.717) is 23.7 Å². The van der Waals surface area contributed by atoms with E-state index >= 15 is 0 Å². The van der Waals surface area contributed by atoms with Crippen molar-refractivity contribution >= 4 is 29.3 Å². The molecule has 186 valence electrons. The molecule has 9 heteroatoms. The van der Waals surface area contributed by atoms with E-state index in [2.05, 4.69) is 10.6 Å². The predicted octanol–water partition coefficient (Wildman–Crippen LogP) is 5.73. The fourth-order valence-electron chi connectivity index (χ4n) is 4.30. The zero-order chi connectivity index (χ0) is 26.0. The van der Waals surface area contributed by atoms with E-state index in [1.165, 1.54) is 4.90 Å². The van der Waals surface area contributed by atoms with E-state index in [-0.39, 0.29) is 24.1 Å². The number of urea groups is 1. The Morgan fingerprint density at radius 3 is 2.17 bits per heavy atom. The van der Waals surface area contributed by atoms with Gasteiger partial charge in [0.1, 0.15) is 17.7 Å². The van der Waals surface area contributed by atoms with Gasteiger partial charge in [0.2, 0.25) is 0 Å². The van der Waals surface area contributed by atoms with Gasteiger partial charge in [-0.15, -0.1) is 0 Å². The predicted molar refractivity (Wildman–Crippen MR) is 132 cm³/mol. The Labute approximate surface area is 206 Å². The topological polar surface area (TPSA) is 98.7 Å². The van der Waals surface area contributed by atoms with Crippen molar-refractivity contribution in [2.24, 2.45) is 5.92 Å². The Balaban J connectivity index is 1.47. The van der Waals surface area contributed by atoms with Crippen molar-refractivity contribution in [1.82, 2.24) is 4.90 Å². The van der Waals surface area contributed by atoms with E-state index in [0.717, 1.165) is 28.8 Å². The molecule has 4 rings (SSSR count). The van der Waals surface area contributed by atoms with Gasteiger partial charge in [-0.05, 0) is 52.9 Å². The second-order valence-electron chi connectivity index (χ2n) is 8.79. The number of carboxylic acid groups (broad SMARTS) is 1. The number of amides is 3. The number of benzene rings is 3. The number of fused-ring (bicyclic) bond motifs is 1. The molecule has 1 aliphatic heterocycles. The number of nitrogens with one attached hydrogen (secondary N) is 2. The smallest absolute Gasteiger partial charge is 0.326 e. The van der Waals surface area contributed by atoms with Crippen LogP contribution in [0, 0.1) is 17.6 Å². The summed E-state index contributed by atoms with van der Waals surface area (Å²) in [6, 6.07) is 13.4. The van der Waals surface area contributed by atoms with Crippen LogP contribution in [0.1, 0.15) is 36.2 Å². The highest BCUT2D eigenvalue weighted by molar-refractivity contribution is 6.02. The van der Waals surface area contributed by atoms with Crippen LogP contribution in [0.25, 0.3) is 11.1 Å². The lowest BCUT2D eigenvalue weighted by Crippen LogP contribution is -2.45. The minimum absolute atomic E-state index is 0.0167. The van der Waals surface area contributed by atoms with Crippen molar-refractivity contribution in [2.75, 3.05) is 10.6 Å². The third kappa shape index (κ3) is 5.19. The van der Waals surface area contributed by atoms with Gasteiger partial charge in [-0.3, -0.25) is 4.79 Å². The third-order valence-electron chi connectivity index (χ3n) is 6.31. The molecule has 0 radical (unpaired) electrons. The molecule has 1 heterocycles. The molecular formula is C27H25F2N3O4. The highest BCUT2D eigenvalue weighted by Gasteiger charge is 2.38. The van der Waals surface area contributed by atoms with Crippen molar-refractivity contribution in [3.05, 3.63) is 83.4 Å². The van der Waals surface area contributed by atoms with Crippen LogP contribution in [0.5, 0.6) is 0 Å². The van der Waals surface area contributed by atoms with Crippen LogP contribution in [0.15, 0.2) is 60.7 Å². The number of anilines is 2. The first kappa shape index (κ1) is 24.8. The maximum atomic E-state index is 13.3. The van der Waals surface area contributed by atoms with Crippen LogP contribution in [0.4, 0.5) is 25.0 Å². The molecule has 3 N–H and O–H groups in total. The molecular weight excluding hydrogens is 468 g/mol. The second kappa shape index (κ2) is 10.2. The average Bonchev–Trinajstić information content (AvgIpc) is 3.14. The molecule has 3 aromatic rings. The number of carbonyl (C=O) groups excluding carboxylic acids is 2. The maximum Gasteiger partial charge on any atom is 0.326 e. The Morgan fingerprint density at radius 2 is 1.56 bits per heavy atom. The molecule has 36 heavy (non-hydrogen) atoms. The standard InChI is InChI=1S/C27H25F2N3O4/c1-3-15(2)24(26(34)35)32-14-18-5-4-17(10-23(18)25(32)33)16-6-8-21(9-7-16)30-27(36)31-22-12-19(28)11-20(29)13-22/h4-13,15,24H,3,14H2,1-2H3,(H,34,35)(H2,30,31,36). The summed E-state index contributed by atoms with van der Waals surface area (Å²) < 4.78 is 26.6. The minimum atomic E-state index is -1.01. The van der Waals surface area contributed by atoms with E-state index in [4.69, 9.17) is 0 Å². The molecule has 1 aliphatic rings. The van der Waals surface area contributed by atoms with E-state index in [9.17, 15) is 28.3 Å². The largest absolute Gasteiger partial charge is 0.480 e. The highest BCUT2D eigenvalue weighted by atomic mass is 19.1. The van der Waals surface area contributed by atoms with Crippen molar-refractivity contribution < 1.29 is 28.3 Å². The lowest BCUT2D eigenvalue weighted by molar-refractivity contribution is -0.144. The quantitative estimate of drug-likeness (QED) is 0.391. The first-order chi connectivity index (χ1) is 17.2. The Bertz CT molecular complexity index is 1310. The summed E-state index contributed by atoms with van der Waals surface area (Å²) >= 11 is 0. The first-order valence-electron chi connectivity index (χ1n) is 11.5. The third-order valence-corrected chi connectivity index (χ3v) is 6.31. The SMILES string of the molecule is CCC(C)C(C(=O)O)N1Cc2ccc(-c3ccc(NC(=O)Nc4cc(F)cc(F)c4)cc3)cc2C1=O. The van der Waals surface area contributed by atoms with Gasteiger partial charge >= 0.3 is 12.0 Å². The number of aliphatic carboxylic acids is 1. The van der Waals surface area contributed by atoms with Crippen LogP contribution >= 0.6 is 0 Å². The Kier molecular flexibility index (Phi) is 7.00. The van der Waals surface area contributed by atoms with E-state index in [1.807, 2.05) is 26.0 Å². The van der Waals surface area contributed by atoms with Gasteiger partial charge in [0.25, 0.3) is 5.91 Å². The van der Waals surface area contributed by atoms with Crippen LogP contribution in [-0.4, -0.2) is 34.0 Å². The summed E-state index contributed by atoms with van der Waals surface area (Å²) in [6.45, 7) is 3.98. The Hall–Kier alpha value is -4.27. The summed E-state index contributed by atoms with van der Waals surface area (Å²) in [5, 5.41) is 14.7. The maximum absolute atomic E-state index is 13.3.